The van der Waals surface area contributed by atoms with Gasteiger partial charge in [-0.2, -0.15) is 0 Å². The lowest BCUT2D eigenvalue weighted by molar-refractivity contribution is -0.115. The summed E-state index contributed by atoms with van der Waals surface area (Å²) in [5.74, 6) is -1.41. The summed E-state index contributed by atoms with van der Waals surface area (Å²) >= 11 is 11.9. The first-order valence-electron chi connectivity index (χ1n) is 7.50. The smallest absolute Gasteiger partial charge is 0.340 e. The lowest BCUT2D eigenvalue weighted by Crippen LogP contribution is -2.20. The predicted molar refractivity (Wildman–Crippen MR) is 99.3 cm³/mol. The average molecular weight is 394 g/mol. The van der Waals surface area contributed by atoms with Gasteiger partial charge < -0.3 is 19.9 Å². The molecule has 0 saturated heterocycles. The first kappa shape index (κ1) is 18.1. The van der Waals surface area contributed by atoms with Gasteiger partial charge in [0.15, 0.2) is 11.3 Å². The number of fused-ring (bicyclic) bond motifs is 1. The van der Waals surface area contributed by atoms with E-state index in [0.29, 0.717) is 21.7 Å². The molecule has 0 bridgehead atoms. The minimum absolute atomic E-state index is 0.130. The van der Waals surface area contributed by atoms with Gasteiger partial charge in [-0.3, -0.25) is 4.79 Å². The molecule has 0 saturated carbocycles. The second kappa shape index (κ2) is 6.90. The van der Waals surface area contributed by atoms with Gasteiger partial charge in [-0.25, -0.2) is 4.79 Å². The Labute approximate surface area is 157 Å². The second-order valence-corrected chi connectivity index (χ2v) is 6.41. The Morgan fingerprint density at radius 2 is 1.92 bits per heavy atom. The lowest BCUT2D eigenvalue weighted by atomic mass is 10.0. The van der Waals surface area contributed by atoms with Crippen LogP contribution in [0.4, 0.5) is 5.69 Å². The maximum Gasteiger partial charge on any atom is 0.340 e. The number of nitrogens with one attached hydrogen (secondary N) is 1. The maximum absolute atomic E-state index is 12.3. The third kappa shape index (κ3) is 3.21. The van der Waals surface area contributed by atoms with Crippen molar-refractivity contribution in [1.82, 2.24) is 0 Å². The van der Waals surface area contributed by atoms with Crippen LogP contribution in [0.2, 0.25) is 10.0 Å². The monoisotopic (exact) mass is 393 g/mol. The van der Waals surface area contributed by atoms with Crippen molar-refractivity contribution >= 4 is 45.8 Å². The van der Waals surface area contributed by atoms with E-state index in [1.807, 2.05) is 0 Å². The van der Waals surface area contributed by atoms with Gasteiger partial charge in [0, 0.05) is 5.39 Å². The molecule has 0 fully saturated rings. The summed E-state index contributed by atoms with van der Waals surface area (Å²) in [6, 6.07) is 7.58. The zero-order chi connectivity index (χ0) is 19.0. The van der Waals surface area contributed by atoms with Gasteiger partial charge in [0.05, 0.1) is 27.7 Å². The predicted octanol–water partition coefficient (Wildman–Crippen LogP) is 4.00. The number of aryl methyl sites for hydroxylation is 1. The molecule has 6 nitrogen and oxygen atoms in total. The minimum Gasteiger partial charge on any atom is -0.504 e. The largest absolute Gasteiger partial charge is 0.504 e. The molecule has 1 aromatic heterocycles. The Hall–Kier alpha value is -2.70. The first-order chi connectivity index (χ1) is 12.3. The number of amides is 1. The number of halogens is 2. The standard InChI is InChI=1S/C18H13Cl2NO5/c1-8-9-5-6-13(22)16(24)17(9)26-18(25)10(8)7-14(23)21-12-4-2-3-11(19)15(12)20/h2-6,22,24H,7H2,1H3,(H,21,23). The molecule has 1 amide bonds. The van der Waals surface area contributed by atoms with Gasteiger partial charge in [-0.15, -0.1) is 0 Å². The summed E-state index contributed by atoms with van der Waals surface area (Å²) in [6.07, 6.45) is -0.255. The molecule has 8 heteroatoms. The number of hydrogen-bond donors (Lipinski definition) is 3. The highest BCUT2D eigenvalue weighted by Crippen LogP contribution is 2.35. The zero-order valence-electron chi connectivity index (χ0n) is 13.5. The Balaban J connectivity index is 1.96. The first-order valence-corrected chi connectivity index (χ1v) is 8.26. The highest BCUT2D eigenvalue weighted by molar-refractivity contribution is 6.44. The van der Waals surface area contributed by atoms with E-state index in [9.17, 15) is 19.8 Å². The fourth-order valence-corrected chi connectivity index (χ4v) is 2.94. The summed E-state index contributed by atoms with van der Waals surface area (Å²) in [7, 11) is 0. The number of aromatic hydroxyl groups is 2. The average Bonchev–Trinajstić information content (AvgIpc) is 2.59. The molecular formula is C18H13Cl2NO5. The molecule has 0 atom stereocenters. The number of benzene rings is 2. The van der Waals surface area contributed by atoms with Crippen molar-refractivity contribution in [1.29, 1.82) is 0 Å². The van der Waals surface area contributed by atoms with Crippen LogP contribution in [0.25, 0.3) is 11.0 Å². The number of phenolic OH excluding ortho intramolecular Hbond substituents is 2. The van der Waals surface area contributed by atoms with Gasteiger partial charge in [0.2, 0.25) is 11.7 Å². The van der Waals surface area contributed by atoms with Crippen molar-refractivity contribution < 1.29 is 19.4 Å². The van der Waals surface area contributed by atoms with Crippen LogP contribution < -0.4 is 10.9 Å². The van der Waals surface area contributed by atoms with Crippen molar-refractivity contribution in [3.63, 3.8) is 0 Å². The van der Waals surface area contributed by atoms with Gasteiger partial charge in [-0.1, -0.05) is 29.3 Å². The van der Waals surface area contributed by atoms with E-state index < -0.39 is 23.0 Å². The summed E-state index contributed by atoms with van der Waals surface area (Å²) in [5.41, 5.74) is 0.0319. The van der Waals surface area contributed by atoms with Gasteiger partial charge >= 0.3 is 5.63 Å². The van der Waals surface area contributed by atoms with E-state index in [0.717, 1.165) is 0 Å². The molecule has 0 aliphatic carbocycles. The Bertz CT molecular complexity index is 1090. The van der Waals surface area contributed by atoms with Crippen LogP contribution in [-0.2, 0) is 11.2 Å². The molecule has 1 heterocycles. The highest BCUT2D eigenvalue weighted by Gasteiger charge is 2.18. The second-order valence-electron chi connectivity index (χ2n) is 5.63. The van der Waals surface area contributed by atoms with Gasteiger partial charge in [-0.05, 0) is 36.8 Å². The number of hydrogen-bond acceptors (Lipinski definition) is 5. The van der Waals surface area contributed by atoms with Crippen LogP contribution in [0.15, 0.2) is 39.5 Å². The van der Waals surface area contributed by atoms with Gasteiger partial charge in [0.1, 0.15) is 0 Å². The van der Waals surface area contributed by atoms with E-state index in [1.54, 1.807) is 25.1 Å². The molecule has 0 aliphatic heterocycles. The number of carbonyl (C=O) groups excluding carboxylic acids is 1. The van der Waals surface area contributed by atoms with Crippen LogP contribution in [0.3, 0.4) is 0 Å². The topological polar surface area (TPSA) is 99.8 Å². The van der Waals surface area contributed by atoms with E-state index in [4.69, 9.17) is 27.6 Å². The Morgan fingerprint density at radius 3 is 2.65 bits per heavy atom. The molecule has 26 heavy (non-hydrogen) atoms. The number of carbonyl (C=O) groups is 1. The summed E-state index contributed by atoms with van der Waals surface area (Å²) in [4.78, 5) is 24.6. The molecule has 0 unspecified atom stereocenters. The Kier molecular flexibility index (Phi) is 4.80. The van der Waals surface area contributed by atoms with E-state index in [1.165, 1.54) is 12.1 Å². The van der Waals surface area contributed by atoms with Crippen molar-refractivity contribution in [3.05, 3.63) is 61.9 Å². The fourth-order valence-electron chi connectivity index (χ4n) is 2.59. The van der Waals surface area contributed by atoms with Gasteiger partial charge in [0.25, 0.3) is 0 Å². The Morgan fingerprint density at radius 1 is 1.19 bits per heavy atom. The molecule has 0 spiro atoms. The summed E-state index contributed by atoms with van der Waals surface area (Å²) < 4.78 is 5.09. The SMILES string of the molecule is Cc1c(CC(=O)Nc2cccc(Cl)c2Cl)c(=O)oc2c(O)c(O)ccc12. The third-order valence-electron chi connectivity index (χ3n) is 3.97. The molecule has 134 valence electrons. The van der Waals surface area contributed by atoms with E-state index in [2.05, 4.69) is 5.32 Å². The van der Waals surface area contributed by atoms with Crippen LogP contribution in [0.1, 0.15) is 11.1 Å². The van der Waals surface area contributed by atoms with E-state index >= 15 is 0 Å². The van der Waals surface area contributed by atoms with Crippen molar-refractivity contribution in [2.75, 3.05) is 5.32 Å². The third-order valence-corrected chi connectivity index (χ3v) is 4.79. The molecule has 2 aromatic carbocycles. The molecular weight excluding hydrogens is 381 g/mol. The maximum atomic E-state index is 12.3. The highest BCUT2D eigenvalue weighted by atomic mass is 35.5. The summed E-state index contributed by atoms with van der Waals surface area (Å²) in [6.45, 7) is 1.63. The fraction of sp³-hybridized carbons (Fsp3) is 0.111. The number of phenols is 2. The van der Waals surface area contributed by atoms with Crippen LogP contribution in [-0.4, -0.2) is 16.1 Å². The lowest BCUT2D eigenvalue weighted by Gasteiger charge is -2.11. The minimum atomic E-state index is -0.775. The van der Waals surface area contributed by atoms with Crippen molar-refractivity contribution in [2.24, 2.45) is 0 Å². The van der Waals surface area contributed by atoms with Crippen LogP contribution in [0, 0.1) is 6.92 Å². The zero-order valence-corrected chi connectivity index (χ0v) is 15.0. The molecule has 3 rings (SSSR count). The van der Waals surface area contributed by atoms with E-state index in [-0.39, 0.29) is 22.6 Å². The van der Waals surface area contributed by atoms with Crippen LogP contribution in [0.5, 0.6) is 11.5 Å². The molecule has 0 aliphatic rings. The number of anilines is 1. The quantitative estimate of drug-likeness (QED) is 0.461. The molecule has 3 aromatic rings. The normalized spacial score (nSPS) is 10.9. The van der Waals surface area contributed by atoms with Crippen LogP contribution >= 0.6 is 23.2 Å². The van der Waals surface area contributed by atoms with Crippen molar-refractivity contribution in [3.8, 4) is 11.5 Å². The summed E-state index contributed by atoms with van der Waals surface area (Å²) in [5, 5.41) is 22.9. The number of rotatable bonds is 3. The molecule has 3 N–H and O–H groups in total. The van der Waals surface area contributed by atoms with Crippen molar-refractivity contribution in [2.45, 2.75) is 13.3 Å². The molecule has 0 radical (unpaired) electrons.